The molecule has 34 heavy (non-hydrogen) atoms. The number of nitrogens with zero attached hydrogens (tertiary/aromatic N) is 6. The van der Waals surface area contributed by atoms with Crippen molar-refractivity contribution < 1.29 is 40.1 Å². The van der Waals surface area contributed by atoms with Crippen molar-refractivity contribution in [3.8, 4) is 0 Å². The van der Waals surface area contributed by atoms with E-state index in [0.29, 0.717) is 0 Å². The monoisotopic (exact) mass is 488 g/mol. The van der Waals surface area contributed by atoms with E-state index in [1.807, 2.05) is 0 Å². The maximum absolute atomic E-state index is 11.4. The summed E-state index contributed by atoms with van der Waals surface area (Å²) < 4.78 is 11.8. The van der Waals surface area contributed by atoms with Gasteiger partial charge in [0, 0.05) is 0 Å². The predicted octanol–water partition coefficient (Wildman–Crippen LogP) is -6.34. The van der Waals surface area contributed by atoms with Crippen molar-refractivity contribution in [2.24, 2.45) is 0 Å². The van der Waals surface area contributed by atoms with Gasteiger partial charge in [0.15, 0.2) is 12.5 Å². The van der Waals surface area contributed by atoms with Crippen molar-refractivity contribution in [3.05, 3.63) is 33.4 Å². The molecule has 4 rings (SSSR count). The van der Waals surface area contributed by atoms with Crippen LogP contribution in [0.2, 0.25) is 0 Å². The van der Waals surface area contributed by atoms with Crippen LogP contribution in [0.4, 0.5) is 11.6 Å². The molecule has 2 aromatic heterocycles. The van der Waals surface area contributed by atoms with Crippen LogP contribution in [0.5, 0.6) is 0 Å². The summed E-state index contributed by atoms with van der Waals surface area (Å²) in [5.74, 6) is -0.115. The summed E-state index contributed by atoms with van der Waals surface area (Å²) in [7, 11) is 0. The molecule has 2 fully saturated rings. The van der Waals surface area contributed by atoms with Gasteiger partial charge in [0.25, 0.3) is 0 Å². The van der Waals surface area contributed by atoms with Crippen LogP contribution >= 0.6 is 0 Å². The number of aliphatic hydroxyl groups excluding tert-OH is 6. The molecule has 2 aliphatic rings. The van der Waals surface area contributed by atoms with Gasteiger partial charge in [-0.1, -0.05) is 0 Å². The molecule has 18 nitrogen and oxygen atoms in total. The van der Waals surface area contributed by atoms with Crippen LogP contribution in [0.25, 0.3) is 0 Å². The summed E-state index contributed by atoms with van der Waals surface area (Å²) >= 11 is 0. The maximum Gasteiger partial charge on any atom is 0.368 e. The fourth-order valence-corrected chi connectivity index (χ4v) is 3.24. The van der Waals surface area contributed by atoms with E-state index in [4.69, 9.17) is 31.2 Å². The molecule has 0 radical (unpaired) electrons. The highest BCUT2D eigenvalue weighted by atomic mass is 16.6. The van der Waals surface area contributed by atoms with E-state index in [9.17, 15) is 30.0 Å². The van der Waals surface area contributed by atoms with Crippen molar-refractivity contribution >= 4 is 11.6 Å². The molecule has 2 aliphatic heterocycles. The Labute approximate surface area is 189 Å². The summed E-state index contributed by atoms with van der Waals surface area (Å²) in [5, 5.41) is 63.4. The van der Waals surface area contributed by atoms with Gasteiger partial charge in [0.05, 0.1) is 25.6 Å². The number of aliphatic hydroxyl groups is 6. The number of aromatic nitrogens is 6. The van der Waals surface area contributed by atoms with E-state index in [1.165, 1.54) is 0 Å². The minimum atomic E-state index is -1.37. The SMILES string of the molecule is Nc1cnn([C@@H]2O[C@H](CO)[C@@H](O)[C@H]2O)c(=O)n1.Nc1cnn([C@@H]2O[C@H](CO)[C@@H](O)[C@H]2O)c(=O)n1. The Morgan fingerprint density at radius 1 is 0.735 bits per heavy atom. The van der Waals surface area contributed by atoms with Gasteiger partial charge in [-0.2, -0.15) is 29.5 Å². The second-order valence-electron chi connectivity index (χ2n) is 7.27. The average Bonchev–Trinajstić information content (AvgIpc) is 3.24. The Morgan fingerprint density at radius 2 is 1.09 bits per heavy atom. The Morgan fingerprint density at radius 3 is 1.35 bits per heavy atom. The molecular weight excluding hydrogens is 464 g/mol. The summed E-state index contributed by atoms with van der Waals surface area (Å²) in [4.78, 5) is 29.7. The molecule has 8 atom stereocenters. The number of rotatable bonds is 4. The highest BCUT2D eigenvalue weighted by molar-refractivity contribution is 5.20. The van der Waals surface area contributed by atoms with E-state index in [2.05, 4.69) is 20.2 Å². The van der Waals surface area contributed by atoms with Crippen molar-refractivity contribution in [2.45, 2.75) is 49.1 Å². The van der Waals surface area contributed by atoms with Gasteiger partial charge in [-0.3, -0.25) is 0 Å². The standard InChI is InChI=1S/2C8H12N4O5/c2*9-4-1-10-12(8(16)11-4)7-6(15)5(14)3(2-13)17-7/h2*1,3,5-7,13-15H,2H2,(H2,9,11,16)/t2*3-,5-,6-,7-/m11/s1. The van der Waals surface area contributed by atoms with Crippen molar-refractivity contribution in [3.63, 3.8) is 0 Å². The zero-order chi connectivity index (χ0) is 25.2. The largest absolute Gasteiger partial charge is 0.394 e. The highest BCUT2D eigenvalue weighted by Crippen LogP contribution is 2.28. The average molecular weight is 488 g/mol. The Bertz CT molecular complexity index is 1010. The summed E-state index contributed by atoms with van der Waals surface area (Å²) in [5.41, 5.74) is 8.91. The van der Waals surface area contributed by atoms with Crippen molar-refractivity contribution in [2.75, 3.05) is 24.7 Å². The van der Waals surface area contributed by atoms with Crippen molar-refractivity contribution in [1.29, 1.82) is 0 Å². The summed E-state index contributed by atoms with van der Waals surface area (Å²) in [6.45, 7) is -0.961. The van der Waals surface area contributed by atoms with Gasteiger partial charge in [-0.05, 0) is 0 Å². The number of hydrogen-bond acceptors (Lipinski definition) is 16. The Balaban J connectivity index is 0.000000191. The highest BCUT2D eigenvalue weighted by Gasteiger charge is 2.45. The molecule has 0 amide bonds. The third-order valence-electron chi connectivity index (χ3n) is 4.99. The smallest absolute Gasteiger partial charge is 0.368 e. The zero-order valence-corrected chi connectivity index (χ0v) is 17.3. The first kappa shape index (κ1) is 25.5. The molecule has 0 aromatic carbocycles. The molecule has 0 unspecified atom stereocenters. The van der Waals surface area contributed by atoms with Gasteiger partial charge in [-0.25, -0.2) is 9.59 Å². The first-order valence-corrected chi connectivity index (χ1v) is 9.76. The molecule has 188 valence electrons. The van der Waals surface area contributed by atoms with Crippen LogP contribution in [0.3, 0.4) is 0 Å². The quantitative estimate of drug-likeness (QED) is 0.198. The number of ether oxygens (including phenoxy) is 2. The van der Waals surface area contributed by atoms with E-state index in [-0.39, 0.29) is 11.6 Å². The normalized spacial score (nSPS) is 32.9. The van der Waals surface area contributed by atoms with E-state index in [1.54, 1.807) is 0 Å². The van der Waals surface area contributed by atoms with Gasteiger partial charge < -0.3 is 51.6 Å². The third-order valence-corrected chi connectivity index (χ3v) is 4.99. The molecule has 18 heteroatoms. The van der Waals surface area contributed by atoms with E-state index in [0.717, 1.165) is 21.8 Å². The molecule has 0 spiro atoms. The molecule has 0 saturated carbocycles. The first-order valence-electron chi connectivity index (χ1n) is 9.76. The van der Waals surface area contributed by atoms with Crippen LogP contribution in [-0.2, 0) is 9.47 Å². The zero-order valence-electron chi connectivity index (χ0n) is 17.3. The lowest BCUT2D eigenvalue weighted by Gasteiger charge is -2.15. The minimum Gasteiger partial charge on any atom is -0.394 e. The summed E-state index contributed by atoms with van der Waals surface area (Å²) in [6.07, 6.45) is -7.42. The minimum absolute atomic E-state index is 0.0574. The molecule has 0 bridgehead atoms. The molecule has 2 aromatic rings. The lowest BCUT2D eigenvalue weighted by molar-refractivity contribution is -0.0616. The lowest BCUT2D eigenvalue weighted by Crippen LogP contribution is -2.37. The molecule has 4 heterocycles. The van der Waals surface area contributed by atoms with E-state index >= 15 is 0 Å². The lowest BCUT2D eigenvalue weighted by atomic mass is 10.1. The predicted molar refractivity (Wildman–Crippen MR) is 107 cm³/mol. The fourth-order valence-electron chi connectivity index (χ4n) is 3.24. The number of nitrogens with two attached hydrogens (primary N) is 2. The van der Waals surface area contributed by atoms with Crippen LogP contribution in [0, 0.1) is 0 Å². The molecule has 10 N–H and O–H groups in total. The van der Waals surface area contributed by atoms with Gasteiger partial charge in [0.1, 0.15) is 48.3 Å². The maximum atomic E-state index is 11.4. The number of nitrogen functional groups attached to an aromatic ring is 2. The fraction of sp³-hybridized carbons (Fsp3) is 0.625. The van der Waals surface area contributed by atoms with Gasteiger partial charge in [-0.15, -0.1) is 0 Å². The van der Waals surface area contributed by atoms with Crippen LogP contribution < -0.4 is 22.8 Å². The Kier molecular flexibility index (Phi) is 7.84. The molecule has 2 saturated heterocycles. The molecular formula is C16H24N8O10. The number of hydrogen-bond donors (Lipinski definition) is 8. The van der Waals surface area contributed by atoms with Gasteiger partial charge >= 0.3 is 11.4 Å². The molecule has 0 aliphatic carbocycles. The van der Waals surface area contributed by atoms with Gasteiger partial charge in [0.2, 0.25) is 0 Å². The third kappa shape index (κ3) is 5.03. The second kappa shape index (κ2) is 10.4. The summed E-state index contributed by atoms with van der Waals surface area (Å²) in [6, 6.07) is 0. The van der Waals surface area contributed by atoms with E-state index < -0.39 is 73.7 Å². The second-order valence-corrected chi connectivity index (χ2v) is 7.27. The van der Waals surface area contributed by atoms with Crippen LogP contribution in [0.15, 0.2) is 22.0 Å². The number of anilines is 2. The topological polar surface area (TPSA) is 287 Å². The van der Waals surface area contributed by atoms with Crippen molar-refractivity contribution in [1.82, 2.24) is 29.5 Å². The Hall–Kier alpha value is -3.10. The first-order chi connectivity index (χ1) is 16.1. The van der Waals surface area contributed by atoms with Crippen LogP contribution in [-0.4, -0.2) is 110 Å². The van der Waals surface area contributed by atoms with Crippen LogP contribution in [0.1, 0.15) is 12.5 Å².